The molecule has 0 bridgehead atoms. The van der Waals surface area contributed by atoms with Gasteiger partial charge >= 0.3 is 0 Å². The van der Waals surface area contributed by atoms with Crippen molar-refractivity contribution < 1.29 is 13.2 Å². The third-order valence-corrected chi connectivity index (χ3v) is 7.67. The van der Waals surface area contributed by atoms with Gasteiger partial charge in [0.2, 0.25) is 5.91 Å². The van der Waals surface area contributed by atoms with Gasteiger partial charge in [0, 0.05) is 29.5 Å². The van der Waals surface area contributed by atoms with Gasteiger partial charge in [0.1, 0.15) is 6.54 Å². The molecule has 1 fully saturated rings. The Morgan fingerprint density at radius 3 is 2.15 bits per heavy atom. The number of carbonyl (C=O) groups excluding carboxylic acids is 1. The summed E-state index contributed by atoms with van der Waals surface area (Å²) >= 11 is 5.93. The summed E-state index contributed by atoms with van der Waals surface area (Å²) in [6, 6.07) is 20.6. The van der Waals surface area contributed by atoms with Gasteiger partial charge in [-0.15, -0.1) is 0 Å². The number of aryl methyl sites for hydroxylation is 1. The van der Waals surface area contributed by atoms with Crippen molar-refractivity contribution in [2.24, 2.45) is 0 Å². The molecule has 1 aliphatic heterocycles. The molecule has 0 radical (unpaired) electrons. The Hall–Kier alpha value is -3.03. The molecule has 3 aromatic carbocycles. The molecule has 1 aliphatic rings. The lowest BCUT2D eigenvalue weighted by Crippen LogP contribution is -2.38. The monoisotopic (exact) mass is 483 g/mol. The molecule has 0 aliphatic carbocycles. The standard InChI is InChI=1S/C25H26ClN3O3S/c1-19-4-10-23(11-5-19)29(33(31,32)24-14-6-20(26)7-15-24)18-25(30)27-21-8-12-22(13-9-21)28-16-2-3-17-28/h4-15H,2-3,16-18H2,1H3,(H,27,30). The van der Waals surface area contributed by atoms with Gasteiger partial charge in [-0.25, -0.2) is 8.42 Å². The summed E-state index contributed by atoms with van der Waals surface area (Å²) in [6.07, 6.45) is 2.38. The van der Waals surface area contributed by atoms with E-state index in [-0.39, 0.29) is 11.4 Å². The molecule has 172 valence electrons. The van der Waals surface area contributed by atoms with Crippen molar-refractivity contribution in [3.8, 4) is 0 Å². The summed E-state index contributed by atoms with van der Waals surface area (Å²) in [6.45, 7) is 3.64. The zero-order valence-electron chi connectivity index (χ0n) is 18.4. The zero-order valence-corrected chi connectivity index (χ0v) is 19.9. The van der Waals surface area contributed by atoms with E-state index in [1.54, 1.807) is 12.1 Å². The van der Waals surface area contributed by atoms with E-state index in [1.165, 1.54) is 37.1 Å². The van der Waals surface area contributed by atoms with Crippen molar-refractivity contribution in [3.05, 3.63) is 83.4 Å². The molecule has 0 unspecified atom stereocenters. The van der Waals surface area contributed by atoms with Crippen LogP contribution in [0.4, 0.5) is 17.1 Å². The minimum absolute atomic E-state index is 0.0650. The van der Waals surface area contributed by atoms with Gasteiger partial charge in [0.05, 0.1) is 10.6 Å². The fourth-order valence-corrected chi connectivity index (χ4v) is 5.37. The number of amides is 1. The third kappa shape index (κ3) is 5.49. The number of sulfonamides is 1. The van der Waals surface area contributed by atoms with E-state index in [2.05, 4.69) is 10.2 Å². The number of nitrogens with zero attached hydrogens (tertiary/aromatic N) is 2. The van der Waals surface area contributed by atoms with Crippen LogP contribution in [0.1, 0.15) is 18.4 Å². The molecule has 1 amide bonds. The molecule has 1 saturated heterocycles. The molecule has 0 saturated carbocycles. The van der Waals surface area contributed by atoms with E-state index < -0.39 is 15.9 Å². The molecule has 8 heteroatoms. The van der Waals surface area contributed by atoms with Crippen molar-refractivity contribution in [2.75, 3.05) is 34.2 Å². The van der Waals surface area contributed by atoms with Crippen LogP contribution in [-0.4, -0.2) is 34.0 Å². The quantitative estimate of drug-likeness (QED) is 0.508. The van der Waals surface area contributed by atoms with E-state index in [0.29, 0.717) is 16.4 Å². The Kier molecular flexibility index (Phi) is 6.91. The molecule has 0 spiro atoms. The Morgan fingerprint density at radius 1 is 0.939 bits per heavy atom. The van der Waals surface area contributed by atoms with E-state index >= 15 is 0 Å². The summed E-state index contributed by atoms with van der Waals surface area (Å²) in [7, 11) is -3.98. The van der Waals surface area contributed by atoms with Crippen LogP contribution >= 0.6 is 11.6 Å². The normalized spacial score (nSPS) is 13.7. The highest BCUT2D eigenvalue weighted by Gasteiger charge is 2.27. The number of hydrogen-bond acceptors (Lipinski definition) is 4. The maximum atomic E-state index is 13.4. The predicted octanol–water partition coefficient (Wildman–Crippen LogP) is 5.08. The number of halogens is 1. The molecule has 1 heterocycles. The van der Waals surface area contributed by atoms with E-state index in [1.807, 2.05) is 43.3 Å². The van der Waals surface area contributed by atoms with Crippen molar-refractivity contribution in [2.45, 2.75) is 24.7 Å². The highest BCUT2D eigenvalue weighted by molar-refractivity contribution is 7.92. The number of hydrogen-bond donors (Lipinski definition) is 1. The predicted molar refractivity (Wildman–Crippen MR) is 134 cm³/mol. The minimum Gasteiger partial charge on any atom is -0.372 e. The molecule has 0 aromatic heterocycles. The Labute approximate surface area is 199 Å². The Morgan fingerprint density at radius 2 is 1.55 bits per heavy atom. The highest BCUT2D eigenvalue weighted by atomic mass is 35.5. The molecule has 4 rings (SSSR count). The number of anilines is 3. The second-order valence-corrected chi connectivity index (χ2v) is 10.4. The van der Waals surface area contributed by atoms with Crippen LogP contribution in [0.3, 0.4) is 0 Å². The lowest BCUT2D eigenvalue weighted by Gasteiger charge is -2.24. The summed E-state index contributed by atoms with van der Waals surface area (Å²) in [5, 5.41) is 3.26. The number of nitrogens with one attached hydrogen (secondary N) is 1. The van der Waals surface area contributed by atoms with Crippen molar-refractivity contribution in [3.63, 3.8) is 0 Å². The van der Waals surface area contributed by atoms with Crippen molar-refractivity contribution in [1.29, 1.82) is 0 Å². The van der Waals surface area contributed by atoms with Crippen LogP contribution in [0, 0.1) is 6.92 Å². The SMILES string of the molecule is Cc1ccc(N(CC(=O)Nc2ccc(N3CCCC3)cc2)S(=O)(=O)c2ccc(Cl)cc2)cc1. The van der Waals surface area contributed by atoms with Gasteiger partial charge in [-0.05, 0) is 80.4 Å². The number of rotatable bonds is 7. The zero-order chi connectivity index (χ0) is 23.4. The minimum atomic E-state index is -3.98. The summed E-state index contributed by atoms with van der Waals surface area (Å²) in [5.41, 5.74) is 3.15. The molecule has 1 N–H and O–H groups in total. The summed E-state index contributed by atoms with van der Waals surface area (Å²) < 4.78 is 27.9. The second kappa shape index (κ2) is 9.85. The van der Waals surface area contributed by atoms with Gasteiger partial charge in [-0.2, -0.15) is 0 Å². The van der Waals surface area contributed by atoms with E-state index in [9.17, 15) is 13.2 Å². The first-order chi connectivity index (χ1) is 15.8. The molecular formula is C25H26ClN3O3S. The van der Waals surface area contributed by atoms with Gasteiger partial charge < -0.3 is 10.2 Å². The van der Waals surface area contributed by atoms with Crippen LogP contribution in [0.2, 0.25) is 5.02 Å². The average Bonchev–Trinajstić information content (AvgIpc) is 3.34. The maximum Gasteiger partial charge on any atom is 0.264 e. The van der Waals surface area contributed by atoms with Crippen molar-refractivity contribution in [1.82, 2.24) is 0 Å². The van der Waals surface area contributed by atoms with Gasteiger partial charge in [-0.1, -0.05) is 29.3 Å². The van der Waals surface area contributed by atoms with Gasteiger partial charge in [-0.3, -0.25) is 9.10 Å². The second-order valence-electron chi connectivity index (χ2n) is 8.09. The number of benzene rings is 3. The van der Waals surface area contributed by atoms with Crippen LogP contribution in [0.25, 0.3) is 0 Å². The molecular weight excluding hydrogens is 458 g/mol. The molecule has 3 aromatic rings. The van der Waals surface area contributed by atoms with Gasteiger partial charge in [0.15, 0.2) is 0 Å². The van der Waals surface area contributed by atoms with Crippen LogP contribution in [-0.2, 0) is 14.8 Å². The first-order valence-corrected chi connectivity index (χ1v) is 12.6. The Bertz CT molecular complexity index is 1210. The Balaban J connectivity index is 1.55. The average molecular weight is 484 g/mol. The third-order valence-electron chi connectivity index (χ3n) is 5.63. The van der Waals surface area contributed by atoms with Crippen LogP contribution in [0.5, 0.6) is 0 Å². The maximum absolute atomic E-state index is 13.4. The first kappa shape index (κ1) is 23.1. The van der Waals surface area contributed by atoms with Crippen LogP contribution in [0.15, 0.2) is 77.7 Å². The van der Waals surface area contributed by atoms with Gasteiger partial charge in [0.25, 0.3) is 10.0 Å². The molecule has 6 nitrogen and oxygen atoms in total. The lowest BCUT2D eigenvalue weighted by atomic mass is 10.2. The molecule has 0 atom stereocenters. The van der Waals surface area contributed by atoms with Crippen LogP contribution < -0.4 is 14.5 Å². The van der Waals surface area contributed by atoms with E-state index in [4.69, 9.17) is 11.6 Å². The largest absolute Gasteiger partial charge is 0.372 e. The topological polar surface area (TPSA) is 69.7 Å². The first-order valence-electron chi connectivity index (χ1n) is 10.8. The highest BCUT2D eigenvalue weighted by Crippen LogP contribution is 2.26. The lowest BCUT2D eigenvalue weighted by molar-refractivity contribution is -0.114. The van der Waals surface area contributed by atoms with Crippen molar-refractivity contribution >= 4 is 44.6 Å². The summed E-state index contributed by atoms with van der Waals surface area (Å²) in [5.74, 6) is -0.429. The summed E-state index contributed by atoms with van der Waals surface area (Å²) in [4.78, 5) is 15.3. The van der Waals surface area contributed by atoms with E-state index in [0.717, 1.165) is 28.6 Å². The number of carbonyl (C=O) groups is 1. The molecule has 33 heavy (non-hydrogen) atoms. The fraction of sp³-hybridized carbons (Fsp3) is 0.240. The smallest absolute Gasteiger partial charge is 0.264 e. The fourth-order valence-electron chi connectivity index (χ4n) is 3.82.